The average Bonchev–Trinajstić information content (AvgIpc) is 2.86. The van der Waals surface area contributed by atoms with Crippen molar-refractivity contribution in [3.05, 3.63) is 12.2 Å². The molecule has 1 N–H and O–H groups in total. The number of rotatable bonds is 7. The first kappa shape index (κ1) is 14.0. The Hall–Kier alpha value is -1.45. The van der Waals surface area contributed by atoms with E-state index in [4.69, 9.17) is 5.11 Å². The molecule has 4 heteroatoms. The van der Waals surface area contributed by atoms with Crippen molar-refractivity contribution in [2.45, 2.75) is 38.5 Å². The fourth-order valence-electron chi connectivity index (χ4n) is 3.55. The number of ketones is 1. The summed E-state index contributed by atoms with van der Waals surface area (Å²) in [4.78, 5) is 33.4. The molecule has 0 aliphatic heterocycles. The molecular weight excluding hydrogens is 244 g/mol. The van der Waals surface area contributed by atoms with E-state index in [9.17, 15) is 14.4 Å². The highest BCUT2D eigenvalue weighted by Gasteiger charge is 2.53. The van der Waals surface area contributed by atoms with E-state index in [-0.39, 0.29) is 30.1 Å². The molecule has 0 spiro atoms. The van der Waals surface area contributed by atoms with Crippen molar-refractivity contribution in [3.63, 3.8) is 0 Å². The summed E-state index contributed by atoms with van der Waals surface area (Å²) in [6, 6.07) is 0. The van der Waals surface area contributed by atoms with E-state index in [1.807, 2.05) is 12.2 Å². The second kappa shape index (κ2) is 6.13. The van der Waals surface area contributed by atoms with Crippen LogP contribution in [-0.2, 0) is 14.4 Å². The number of carbonyl (C=O) groups excluding carboxylic acids is 2. The van der Waals surface area contributed by atoms with Crippen LogP contribution in [0.25, 0.3) is 0 Å². The van der Waals surface area contributed by atoms with Crippen molar-refractivity contribution in [1.29, 1.82) is 0 Å². The third kappa shape index (κ3) is 2.94. The predicted molar refractivity (Wildman–Crippen MR) is 69.5 cm³/mol. The first-order valence-electron chi connectivity index (χ1n) is 7.01. The topological polar surface area (TPSA) is 71.4 Å². The molecule has 2 rings (SSSR count). The Morgan fingerprint density at radius 3 is 2.68 bits per heavy atom. The third-order valence-corrected chi connectivity index (χ3v) is 4.49. The van der Waals surface area contributed by atoms with Gasteiger partial charge in [-0.25, -0.2) is 0 Å². The van der Waals surface area contributed by atoms with Crippen LogP contribution in [0.5, 0.6) is 0 Å². The Bertz CT molecular complexity index is 399. The first-order valence-corrected chi connectivity index (χ1v) is 7.01. The maximum absolute atomic E-state index is 11.9. The van der Waals surface area contributed by atoms with Crippen LogP contribution in [0.3, 0.4) is 0 Å². The molecular formula is C15H20O4. The predicted octanol–water partition coefficient (Wildman–Crippen LogP) is 2.23. The van der Waals surface area contributed by atoms with Gasteiger partial charge in [-0.15, -0.1) is 0 Å². The molecule has 2 fully saturated rings. The maximum atomic E-state index is 11.9. The zero-order valence-corrected chi connectivity index (χ0v) is 11.0. The molecule has 19 heavy (non-hydrogen) atoms. The molecule has 2 aliphatic rings. The van der Waals surface area contributed by atoms with Crippen LogP contribution in [-0.4, -0.2) is 23.1 Å². The molecule has 0 unspecified atom stereocenters. The van der Waals surface area contributed by atoms with Gasteiger partial charge in [-0.2, -0.15) is 0 Å². The van der Waals surface area contributed by atoms with Crippen molar-refractivity contribution in [3.8, 4) is 0 Å². The number of Topliss-reactive ketones (excluding diaryl/α,β-unsaturated/α-hetero) is 1. The monoisotopic (exact) mass is 264 g/mol. The van der Waals surface area contributed by atoms with Crippen LogP contribution in [0.1, 0.15) is 38.5 Å². The summed E-state index contributed by atoms with van der Waals surface area (Å²) in [5, 5.41) is 8.51. The van der Waals surface area contributed by atoms with E-state index in [0.717, 1.165) is 32.0 Å². The van der Waals surface area contributed by atoms with Crippen LogP contribution < -0.4 is 0 Å². The van der Waals surface area contributed by atoms with E-state index >= 15 is 0 Å². The Morgan fingerprint density at radius 2 is 2.00 bits per heavy atom. The summed E-state index contributed by atoms with van der Waals surface area (Å²) in [6.07, 6.45) is 9.10. The number of carbonyl (C=O) groups is 3. The molecule has 104 valence electrons. The van der Waals surface area contributed by atoms with E-state index < -0.39 is 5.97 Å². The van der Waals surface area contributed by atoms with Crippen LogP contribution in [0.15, 0.2) is 12.2 Å². The van der Waals surface area contributed by atoms with Crippen molar-refractivity contribution in [2.75, 3.05) is 0 Å². The van der Waals surface area contributed by atoms with Gasteiger partial charge in [0.2, 0.25) is 0 Å². The number of allylic oxidation sites excluding steroid dienone is 2. The first-order chi connectivity index (χ1) is 9.15. The van der Waals surface area contributed by atoms with E-state index in [2.05, 4.69) is 0 Å². The largest absolute Gasteiger partial charge is 0.481 e. The van der Waals surface area contributed by atoms with Gasteiger partial charge in [0.05, 0.1) is 0 Å². The third-order valence-electron chi connectivity index (χ3n) is 4.49. The van der Waals surface area contributed by atoms with Crippen LogP contribution >= 0.6 is 0 Å². The lowest BCUT2D eigenvalue weighted by Crippen LogP contribution is -2.22. The molecule has 0 radical (unpaired) electrons. The van der Waals surface area contributed by atoms with Gasteiger partial charge in [-0.05, 0) is 38.0 Å². The van der Waals surface area contributed by atoms with Crippen LogP contribution in [0, 0.1) is 23.7 Å². The molecule has 4 atom stereocenters. The summed E-state index contributed by atoms with van der Waals surface area (Å²) < 4.78 is 0. The minimum atomic E-state index is -0.770. The Balaban J connectivity index is 1.79. The van der Waals surface area contributed by atoms with E-state index in [1.165, 1.54) is 0 Å². The number of carboxylic acids is 1. The van der Waals surface area contributed by atoms with Gasteiger partial charge in [0.15, 0.2) is 0 Å². The summed E-state index contributed by atoms with van der Waals surface area (Å²) in [6.45, 7) is 0. The number of hydrogen-bond donors (Lipinski definition) is 1. The van der Waals surface area contributed by atoms with Crippen molar-refractivity contribution >= 4 is 18.0 Å². The lowest BCUT2D eigenvalue weighted by atomic mass is 9.78. The van der Waals surface area contributed by atoms with Crippen molar-refractivity contribution in [1.82, 2.24) is 0 Å². The molecule has 0 heterocycles. The van der Waals surface area contributed by atoms with Crippen molar-refractivity contribution in [2.24, 2.45) is 23.7 Å². The quantitative estimate of drug-likeness (QED) is 0.435. The highest BCUT2D eigenvalue weighted by Crippen LogP contribution is 2.50. The minimum Gasteiger partial charge on any atom is -0.481 e. The molecule has 2 saturated carbocycles. The summed E-state index contributed by atoms with van der Waals surface area (Å²) in [5.74, 6) is -0.319. The van der Waals surface area contributed by atoms with E-state index in [0.29, 0.717) is 12.2 Å². The molecule has 4 nitrogen and oxygen atoms in total. The van der Waals surface area contributed by atoms with Gasteiger partial charge in [0, 0.05) is 24.2 Å². The second-order valence-electron chi connectivity index (χ2n) is 5.56. The van der Waals surface area contributed by atoms with Gasteiger partial charge in [-0.1, -0.05) is 12.2 Å². The lowest BCUT2D eigenvalue weighted by Gasteiger charge is -2.24. The summed E-state index contributed by atoms with van der Waals surface area (Å²) in [5.41, 5.74) is 0. The number of aliphatic carboxylic acids is 1. The van der Waals surface area contributed by atoms with Gasteiger partial charge in [-0.3, -0.25) is 9.59 Å². The summed E-state index contributed by atoms with van der Waals surface area (Å²) >= 11 is 0. The van der Waals surface area contributed by atoms with E-state index in [1.54, 1.807) is 0 Å². The highest BCUT2D eigenvalue weighted by molar-refractivity contribution is 5.91. The number of hydrogen-bond acceptors (Lipinski definition) is 3. The number of carboxylic acid groups (broad SMARTS) is 1. The zero-order chi connectivity index (χ0) is 13.8. The minimum absolute atomic E-state index is 0.0205. The zero-order valence-electron chi connectivity index (χ0n) is 11.0. The number of fused-ring (bicyclic) bond motifs is 2. The van der Waals surface area contributed by atoms with Gasteiger partial charge >= 0.3 is 5.97 Å². The Labute approximate surface area is 112 Å². The fourth-order valence-corrected chi connectivity index (χ4v) is 3.55. The van der Waals surface area contributed by atoms with Gasteiger partial charge in [0.25, 0.3) is 0 Å². The normalized spacial score (nSPS) is 33.2. The fraction of sp³-hybridized carbons (Fsp3) is 0.667. The molecule has 0 aromatic carbocycles. The molecule has 0 amide bonds. The lowest BCUT2D eigenvalue weighted by molar-refractivity contribution is -0.137. The van der Waals surface area contributed by atoms with Gasteiger partial charge < -0.3 is 9.90 Å². The number of unbranched alkanes of at least 4 members (excludes halogenated alkanes) is 1. The second-order valence-corrected chi connectivity index (χ2v) is 5.56. The van der Waals surface area contributed by atoms with Crippen LogP contribution in [0.4, 0.5) is 0 Å². The standard InChI is InChI=1S/C15H20O4/c16-9-13-10(11-7-8-12(13)15(11)19)5-3-1-2-4-6-14(17)18/h1,3,9-13H,2,4-8H2,(H,17,18)/b3-1-/t10-,11+,12-,13-/m0/s1. The van der Waals surface area contributed by atoms with Crippen molar-refractivity contribution < 1.29 is 19.5 Å². The SMILES string of the molecule is O=C[C@H]1[C@@H](C/C=C\CCCC(=O)O)[C@H]2CC[C@@H]1C2=O. The molecule has 2 aliphatic carbocycles. The Morgan fingerprint density at radius 1 is 1.26 bits per heavy atom. The molecule has 0 saturated heterocycles. The number of aldehydes is 1. The Kier molecular flexibility index (Phi) is 4.51. The molecule has 2 bridgehead atoms. The average molecular weight is 264 g/mol. The molecule has 0 aromatic heterocycles. The highest BCUT2D eigenvalue weighted by atomic mass is 16.4. The smallest absolute Gasteiger partial charge is 0.303 e. The summed E-state index contributed by atoms with van der Waals surface area (Å²) in [7, 11) is 0. The molecule has 0 aromatic rings. The maximum Gasteiger partial charge on any atom is 0.303 e. The van der Waals surface area contributed by atoms with Gasteiger partial charge in [0.1, 0.15) is 12.1 Å². The van der Waals surface area contributed by atoms with Crippen LogP contribution in [0.2, 0.25) is 0 Å².